The number of carbonyl (C=O) groups is 1. The fourth-order valence-electron chi connectivity index (χ4n) is 2.65. The second-order valence-corrected chi connectivity index (χ2v) is 5.45. The van der Waals surface area contributed by atoms with Crippen molar-refractivity contribution in [2.75, 3.05) is 20.1 Å². The Morgan fingerprint density at radius 1 is 1.18 bits per heavy atom. The van der Waals surface area contributed by atoms with Gasteiger partial charge in [-0.25, -0.2) is 0 Å². The lowest BCUT2D eigenvalue weighted by Crippen LogP contribution is -2.23. The molecule has 1 fully saturated rings. The number of hydrogen-bond donors (Lipinski definition) is 1. The van der Waals surface area contributed by atoms with E-state index in [2.05, 4.69) is 11.9 Å². The van der Waals surface area contributed by atoms with Crippen LogP contribution in [0, 0.1) is 5.92 Å². The van der Waals surface area contributed by atoms with E-state index in [1.807, 2.05) is 0 Å². The largest absolute Gasteiger partial charge is 0.481 e. The van der Waals surface area contributed by atoms with Crippen molar-refractivity contribution in [1.82, 2.24) is 4.90 Å². The van der Waals surface area contributed by atoms with E-state index in [-0.39, 0.29) is 0 Å². The average Bonchev–Trinajstić information content (AvgIpc) is 2.33. The van der Waals surface area contributed by atoms with Crippen LogP contribution in [0.4, 0.5) is 0 Å². The highest BCUT2D eigenvalue weighted by atomic mass is 16.4. The van der Waals surface area contributed by atoms with E-state index in [9.17, 15) is 4.79 Å². The van der Waals surface area contributed by atoms with Crippen LogP contribution in [0.5, 0.6) is 0 Å². The van der Waals surface area contributed by atoms with Crippen molar-refractivity contribution in [3.8, 4) is 0 Å². The normalized spacial score (nSPS) is 17.5. The number of unbranched alkanes of at least 4 members (excludes halogenated alkanes) is 1. The SMILES string of the molecule is CN(CCCCC(=O)O)CCC1CCCCC1. The quantitative estimate of drug-likeness (QED) is 0.664. The van der Waals surface area contributed by atoms with Crippen LogP contribution in [0.3, 0.4) is 0 Å². The third-order valence-corrected chi connectivity index (χ3v) is 3.82. The van der Waals surface area contributed by atoms with E-state index in [1.54, 1.807) is 0 Å². The van der Waals surface area contributed by atoms with E-state index >= 15 is 0 Å². The van der Waals surface area contributed by atoms with Crippen LogP contribution in [0.1, 0.15) is 57.8 Å². The summed E-state index contributed by atoms with van der Waals surface area (Å²) in [5.74, 6) is 0.278. The number of hydrogen-bond acceptors (Lipinski definition) is 2. The molecule has 1 aliphatic carbocycles. The van der Waals surface area contributed by atoms with Gasteiger partial charge in [0.1, 0.15) is 0 Å². The number of carboxylic acids is 1. The Balaban J connectivity index is 1.96. The molecule has 1 rings (SSSR count). The van der Waals surface area contributed by atoms with Gasteiger partial charge < -0.3 is 10.0 Å². The topological polar surface area (TPSA) is 40.5 Å². The maximum Gasteiger partial charge on any atom is 0.303 e. The Bertz CT molecular complexity index is 212. The molecular formula is C14H27NO2. The molecule has 0 aromatic rings. The van der Waals surface area contributed by atoms with Crippen LogP contribution in [0.25, 0.3) is 0 Å². The summed E-state index contributed by atoms with van der Waals surface area (Å²) in [6, 6.07) is 0. The van der Waals surface area contributed by atoms with Crippen LogP contribution in [0.15, 0.2) is 0 Å². The maximum absolute atomic E-state index is 10.4. The Hall–Kier alpha value is -0.570. The Labute approximate surface area is 105 Å². The summed E-state index contributed by atoms with van der Waals surface area (Å²) in [6.45, 7) is 2.22. The molecule has 1 aliphatic rings. The zero-order chi connectivity index (χ0) is 12.5. The molecule has 100 valence electrons. The molecule has 3 nitrogen and oxygen atoms in total. The first-order chi connectivity index (χ1) is 8.18. The summed E-state index contributed by atoms with van der Waals surface area (Å²) in [5, 5.41) is 8.54. The van der Waals surface area contributed by atoms with Gasteiger partial charge in [-0.1, -0.05) is 32.1 Å². The molecule has 17 heavy (non-hydrogen) atoms. The zero-order valence-corrected chi connectivity index (χ0v) is 11.2. The third kappa shape index (κ3) is 7.37. The maximum atomic E-state index is 10.4. The fourth-order valence-corrected chi connectivity index (χ4v) is 2.65. The molecule has 0 aromatic carbocycles. The average molecular weight is 241 g/mol. The fraction of sp³-hybridized carbons (Fsp3) is 0.929. The standard InChI is InChI=1S/C14H27NO2/c1-15(11-6-5-9-14(16)17)12-10-13-7-3-2-4-8-13/h13H,2-12H2,1H3,(H,16,17). The molecule has 1 N–H and O–H groups in total. The first-order valence-corrected chi connectivity index (χ1v) is 7.09. The van der Waals surface area contributed by atoms with E-state index in [0.29, 0.717) is 6.42 Å². The summed E-state index contributed by atoms with van der Waals surface area (Å²) in [4.78, 5) is 12.7. The summed E-state index contributed by atoms with van der Waals surface area (Å²) in [5.41, 5.74) is 0. The molecule has 0 saturated heterocycles. The van der Waals surface area contributed by atoms with E-state index in [4.69, 9.17) is 5.11 Å². The van der Waals surface area contributed by atoms with Crippen LogP contribution >= 0.6 is 0 Å². The summed E-state index contributed by atoms with van der Waals surface area (Å²) >= 11 is 0. The predicted octanol–water partition coefficient (Wildman–Crippen LogP) is 3.14. The third-order valence-electron chi connectivity index (χ3n) is 3.82. The summed E-state index contributed by atoms with van der Waals surface area (Å²) in [6.07, 6.45) is 10.6. The summed E-state index contributed by atoms with van der Waals surface area (Å²) in [7, 11) is 2.16. The number of nitrogens with zero attached hydrogens (tertiary/aromatic N) is 1. The van der Waals surface area contributed by atoms with Gasteiger partial charge in [-0.05, 0) is 45.3 Å². The van der Waals surface area contributed by atoms with E-state index in [0.717, 1.165) is 25.3 Å². The molecule has 1 saturated carbocycles. The van der Waals surface area contributed by atoms with Gasteiger partial charge in [-0.15, -0.1) is 0 Å². The molecular weight excluding hydrogens is 214 g/mol. The Morgan fingerprint density at radius 2 is 1.88 bits per heavy atom. The first kappa shape index (κ1) is 14.5. The molecule has 0 bridgehead atoms. The van der Waals surface area contributed by atoms with Gasteiger partial charge in [0.15, 0.2) is 0 Å². The highest BCUT2D eigenvalue weighted by molar-refractivity contribution is 5.66. The predicted molar refractivity (Wildman–Crippen MR) is 70.2 cm³/mol. The van der Waals surface area contributed by atoms with Gasteiger partial charge in [0.2, 0.25) is 0 Å². The van der Waals surface area contributed by atoms with Crippen molar-refractivity contribution < 1.29 is 9.90 Å². The molecule has 0 aromatic heterocycles. The van der Waals surface area contributed by atoms with Crippen molar-refractivity contribution in [1.29, 1.82) is 0 Å². The van der Waals surface area contributed by atoms with Gasteiger partial charge in [-0.3, -0.25) is 4.79 Å². The van der Waals surface area contributed by atoms with Gasteiger partial charge in [0.05, 0.1) is 0 Å². The van der Waals surface area contributed by atoms with Crippen LogP contribution in [-0.2, 0) is 4.79 Å². The molecule has 0 amide bonds. The van der Waals surface area contributed by atoms with E-state index < -0.39 is 5.97 Å². The molecule has 3 heteroatoms. The Kier molecular flexibility index (Phi) is 7.25. The van der Waals surface area contributed by atoms with Gasteiger partial charge in [0.25, 0.3) is 0 Å². The van der Waals surface area contributed by atoms with Crippen LogP contribution in [0.2, 0.25) is 0 Å². The number of rotatable bonds is 8. The van der Waals surface area contributed by atoms with E-state index in [1.165, 1.54) is 45.1 Å². The monoisotopic (exact) mass is 241 g/mol. The minimum atomic E-state index is -0.671. The van der Waals surface area contributed by atoms with Crippen LogP contribution < -0.4 is 0 Å². The van der Waals surface area contributed by atoms with Gasteiger partial charge in [0, 0.05) is 6.42 Å². The van der Waals surface area contributed by atoms with Crippen molar-refractivity contribution in [2.45, 2.75) is 57.8 Å². The lowest BCUT2D eigenvalue weighted by molar-refractivity contribution is -0.137. The minimum Gasteiger partial charge on any atom is -0.481 e. The highest BCUT2D eigenvalue weighted by Crippen LogP contribution is 2.26. The molecule has 0 radical (unpaired) electrons. The van der Waals surface area contributed by atoms with Crippen molar-refractivity contribution in [3.05, 3.63) is 0 Å². The number of carboxylic acid groups (broad SMARTS) is 1. The minimum absolute atomic E-state index is 0.316. The molecule has 0 heterocycles. The van der Waals surface area contributed by atoms with Crippen molar-refractivity contribution >= 4 is 5.97 Å². The molecule has 0 aliphatic heterocycles. The highest BCUT2D eigenvalue weighted by Gasteiger charge is 2.13. The zero-order valence-electron chi connectivity index (χ0n) is 11.2. The van der Waals surface area contributed by atoms with Crippen molar-refractivity contribution in [2.24, 2.45) is 5.92 Å². The lowest BCUT2D eigenvalue weighted by Gasteiger charge is -2.24. The molecule has 0 unspecified atom stereocenters. The second kappa shape index (κ2) is 8.51. The van der Waals surface area contributed by atoms with Crippen molar-refractivity contribution in [3.63, 3.8) is 0 Å². The first-order valence-electron chi connectivity index (χ1n) is 7.09. The smallest absolute Gasteiger partial charge is 0.303 e. The van der Waals surface area contributed by atoms with Gasteiger partial charge in [-0.2, -0.15) is 0 Å². The van der Waals surface area contributed by atoms with Crippen LogP contribution in [-0.4, -0.2) is 36.1 Å². The Morgan fingerprint density at radius 3 is 2.53 bits per heavy atom. The lowest BCUT2D eigenvalue weighted by atomic mass is 9.87. The van der Waals surface area contributed by atoms with Gasteiger partial charge >= 0.3 is 5.97 Å². The number of aliphatic carboxylic acids is 1. The molecule has 0 spiro atoms. The second-order valence-electron chi connectivity index (χ2n) is 5.45. The molecule has 0 atom stereocenters. The summed E-state index contributed by atoms with van der Waals surface area (Å²) < 4.78 is 0.